The zero-order valence-corrected chi connectivity index (χ0v) is 19.9. The standard InChI is InChI=1S/C25H28N2O5S/c1-4-5-8-15-31-21-13-11-19(12-14-21)24(29)32-16-20-17-33-25(26-20)27(18(2)28)22-9-6-7-10-23(22)30-3/h6-7,9-14,17H,4-5,8,15-16H2,1-3H3. The van der Waals surface area contributed by atoms with E-state index in [1.807, 2.05) is 12.1 Å². The molecule has 8 heteroatoms. The maximum absolute atomic E-state index is 12.4. The SMILES string of the molecule is CCCCCOc1ccc(C(=O)OCc2csc(N(C(C)=O)c3ccccc3OC)n2)cc1. The van der Waals surface area contributed by atoms with Crippen molar-refractivity contribution >= 4 is 34.0 Å². The van der Waals surface area contributed by atoms with Gasteiger partial charge in [0, 0.05) is 12.3 Å². The molecule has 0 bridgehead atoms. The molecule has 0 fully saturated rings. The molecule has 7 nitrogen and oxygen atoms in total. The maximum Gasteiger partial charge on any atom is 0.338 e. The minimum atomic E-state index is -0.449. The summed E-state index contributed by atoms with van der Waals surface area (Å²) < 4.78 is 16.5. The molecular formula is C25H28N2O5S. The highest BCUT2D eigenvalue weighted by Crippen LogP contribution is 2.35. The number of amides is 1. The molecule has 174 valence electrons. The number of aromatic nitrogens is 1. The Kier molecular flexibility index (Phi) is 8.83. The molecule has 0 unspecified atom stereocenters. The van der Waals surface area contributed by atoms with Crippen molar-refractivity contribution < 1.29 is 23.8 Å². The summed E-state index contributed by atoms with van der Waals surface area (Å²) in [6, 6.07) is 14.1. The lowest BCUT2D eigenvalue weighted by molar-refractivity contribution is -0.115. The van der Waals surface area contributed by atoms with Crippen LogP contribution in [0.25, 0.3) is 0 Å². The van der Waals surface area contributed by atoms with E-state index in [1.165, 1.54) is 23.2 Å². The number of hydrogen-bond acceptors (Lipinski definition) is 7. The summed E-state index contributed by atoms with van der Waals surface area (Å²) in [5, 5.41) is 2.24. The minimum Gasteiger partial charge on any atom is -0.495 e. The Balaban J connectivity index is 1.61. The molecule has 0 radical (unpaired) electrons. The average molecular weight is 469 g/mol. The third-order valence-corrected chi connectivity index (χ3v) is 5.70. The number of thiazole rings is 1. The molecule has 0 spiro atoms. The molecule has 3 aromatic rings. The Morgan fingerprint density at radius 3 is 2.52 bits per heavy atom. The number of carbonyl (C=O) groups is 2. The number of anilines is 2. The molecule has 3 rings (SSSR count). The van der Waals surface area contributed by atoms with E-state index in [4.69, 9.17) is 14.2 Å². The van der Waals surface area contributed by atoms with Crippen LogP contribution in [0.3, 0.4) is 0 Å². The van der Waals surface area contributed by atoms with Crippen molar-refractivity contribution in [2.24, 2.45) is 0 Å². The number of ether oxygens (including phenoxy) is 3. The fourth-order valence-corrected chi connectivity index (χ4v) is 4.00. The Morgan fingerprint density at radius 1 is 1.06 bits per heavy atom. The highest BCUT2D eigenvalue weighted by atomic mass is 32.1. The fourth-order valence-electron chi connectivity index (χ4n) is 3.14. The van der Waals surface area contributed by atoms with Gasteiger partial charge in [0.2, 0.25) is 5.91 Å². The number of carbonyl (C=O) groups excluding carboxylic acids is 2. The lowest BCUT2D eigenvalue weighted by Crippen LogP contribution is -2.23. The molecule has 0 aliphatic rings. The van der Waals surface area contributed by atoms with Gasteiger partial charge in [-0.05, 0) is 42.8 Å². The van der Waals surface area contributed by atoms with Crippen LogP contribution in [0.1, 0.15) is 49.2 Å². The number of para-hydroxylation sites is 2. The van der Waals surface area contributed by atoms with Gasteiger partial charge in [0.25, 0.3) is 0 Å². The van der Waals surface area contributed by atoms with Crippen molar-refractivity contribution in [2.75, 3.05) is 18.6 Å². The van der Waals surface area contributed by atoms with Crippen LogP contribution in [-0.4, -0.2) is 30.6 Å². The van der Waals surface area contributed by atoms with Gasteiger partial charge in [-0.2, -0.15) is 0 Å². The first kappa shape index (κ1) is 24.3. The summed E-state index contributed by atoms with van der Waals surface area (Å²) in [6.07, 6.45) is 3.28. The molecule has 1 aromatic heterocycles. The Morgan fingerprint density at radius 2 is 1.82 bits per heavy atom. The Hall–Kier alpha value is -3.39. The van der Waals surface area contributed by atoms with Gasteiger partial charge < -0.3 is 14.2 Å². The molecule has 0 N–H and O–H groups in total. The number of esters is 1. The van der Waals surface area contributed by atoms with Crippen molar-refractivity contribution in [2.45, 2.75) is 39.7 Å². The zero-order valence-electron chi connectivity index (χ0n) is 19.1. The van der Waals surface area contributed by atoms with Crippen LogP contribution in [0.2, 0.25) is 0 Å². The van der Waals surface area contributed by atoms with Crippen molar-refractivity contribution in [3.8, 4) is 11.5 Å². The third kappa shape index (κ3) is 6.55. The van der Waals surface area contributed by atoms with Gasteiger partial charge in [0.05, 0.1) is 30.7 Å². The van der Waals surface area contributed by atoms with Crippen LogP contribution in [-0.2, 0) is 16.1 Å². The predicted molar refractivity (Wildman–Crippen MR) is 129 cm³/mol. The highest BCUT2D eigenvalue weighted by molar-refractivity contribution is 7.14. The Bertz CT molecular complexity index is 1060. The molecule has 0 aliphatic heterocycles. The van der Waals surface area contributed by atoms with E-state index in [9.17, 15) is 9.59 Å². The zero-order chi connectivity index (χ0) is 23.6. The van der Waals surface area contributed by atoms with Crippen molar-refractivity contribution in [3.05, 3.63) is 65.2 Å². The van der Waals surface area contributed by atoms with Crippen LogP contribution >= 0.6 is 11.3 Å². The van der Waals surface area contributed by atoms with E-state index in [2.05, 4.69) is 11.9 Å². The number of unbranched alkanes of at least 4 members (excludes halogenated alkanes) is 2. The normalized spacial score (nSPS) is 10.5. The number of methoxy groups -OCH3 is 1. The second kappa shape index (κ2) is 12.0. The van der Waals surface area contributed by atoms with Crippen LogP contribution in [0.5, 0.6) is 11.5 Å². The molecule has 1 heterocycles. The quantitative estimate of drug-likeness (QED) is 0.263. The second-order valence-electron chi connectivity index (χ2n) is 7.30. The summed E-state index contributed by atoms with van der Waals surface area (Å²) in [6.45, 7) is 4.27. The largest absolute Gasteiger partial charge is 0.495 e. The van der Waals surface area contributed by atoms with Crippen LogP contribution in [0, 0.1) is 0 Å². The molecule has 2 aromatic carbocycles. The van der Waals surface area contributed by atoms with Crippen molar-refractivity contribution in [1.29, 1.82) is 0 Å². The molecule has 33 heavy (non-hydrogen) atoms. The van der Waals surface area contributed by atoms with Gasteiger partial charge in [-0.3, -0.25) is 9.69 Å². The van der Waals surface area contributed by atoms with Gasteiger partial charge in [0.15, 0.2) is 5.13 Å². The van der Waals surface area contributed by atoms with Gasteiger partial charge in [-0.25, -0.2) is 9.78 Å². The average Bonchev–Trinajstić information content (AvgIpc) is 3.29. The number of nitrogens with zero attached hydrogens (tertiary/aromatic N) is 2. The van der Waals surface area contributed by atoms with Gasteiger partial charge in [-0.15, -0.1) is 11.3 Å². The second-order valence-corrected chi connectivity index (χ2v) is 8.14. The molecular weight excluding hydrogens is 440 g/mol. The first-order valence-electron chi connectivity index (χ1n) is 10.8. The predicted octanol–water partition coefficient (Wildman–Crippen LogP) is 5.76. The van der Waals surface area contributed by atoms with E-state index in [0.717, 1.165) is 25.0 Å². The first-order valence-corrected chi connectivity index (χ1v) is 11.7. The lowest BCUT2D eigenvalue weighted by atomic mass is 10.2. The first-order chi connectivity index (χ1) is 16.0. The van der Waals surface area contributed by atoms with Crippen LogP contribution < -0.4 is 14.4 Å². The number of benzene rings is 2. The summed E-state index contributed by atoms with van der Waals surface area (Å²) in [4.78, 5) is 30.7. The number of hydrogen-bond donors (Lipinski definition) is 0. The maximum atomic E-state index is 12.4. The van der Waals surface area contributed by atoms with E-state index < -0.39 is 5.97 Å². The summed E-state index contributed by atoms with van der Waals surface area (Å²) >= 11 is 1.29. The van der Waals surface area contributed by atoms with E-state index in [1.54, 1.807) is 48.9 Å². The molecule has 0 saturated heterocycles. The Labute approximate surface area is 197 Å². The molecule has 1 amide bonds. The molecule has 0 atom stereocenters. The summed E-state index contributed by atoms with van der Waals surface area (Å²) in [7, 11) is 1.55. The van der Waals surface area contributed by atoms with E-state index >= 15 is 0 Å². The van der Waals surface area contributed by atoms with Gasteiger partial charge in [0.1, 0.15) is 18.1 Å². The van der Waals surface area contributed by atoms with Crippen molar-refractivity contribution in [1.82, 2.24) is 4.98 Å². The monoisotopic (exact) mass is 468 g/mol. The van der Waals surface area contributed by atoms with Crippen LogP contribution in [0.15, 0.2) is 53.9 Å². The molecule has 0 aliphatic carbocycles. The highest BCUT2D eigenvalue weighted by Gasteiger charge is 2.21. The van der Waals surface area contributed by atoms with E-state index in [0.29, 0.717) is 34.4 Å². The summed E-state index contributed by atoms with van der Waals surface area (Å²) in [5.41, 5.74) is 1.59. The smallest absolute Gasteiger partial charge is 0.338 e. The van der Waals surface area contributed by atoms with Crippen molar-refractivity contribution in [3.63, 3.8) is 0 Å². The van der Waals surface area contributed by atoms with Gasteiger partial charge >= 0.3 is 5.97 Å². The van der Waals surface area contributed by atoms with E-state index in [-0.39, 0.29) is 12.5 Å². The third-order valence-electron chi connectivity index (χ3n) is 4.83. The lowest BCUT2D eigenvalue weighted by Gasteiger charge is -2.20. The molecule has 0 saturated carbocycles. The van der Waals surface area contributed by atoms with Crippen LogP contribution in [0.4, 0.5) is 10.8 Å². The topological polar surface area (TPSA) is 78.0 Å². The summed E-state index contributed by atoms with van der Waals surface area (Å²) in [5.74, 6) is 0.644. The number of rotatable bonds is 11. The minimum absolute atomic E-state index is 0.00225. The van der Waals surface area contributed by atoms with Gasteiger partial charge in [-0.1, -0.05) is 31.9 Å². The fraction of sp³-hybridized carbons (Fsp3) is 0.320.